The molecule has 0 aromatic heterocycles. The molecule has 5 heteroatoms. The summed E-state index contributed by atoms with van der Waals surface area (Å²) >= 11 is 0. The van der Waals surface area contributed by atoms with E-state index in [-0.39, 0.29) is 5.91 Å². The highest BCUT2D eigenvalue weighted by atomic mass is 16.5. The summed E-state index contributed by atoms with van der Waals surface area (Å²) in [6, 6.07) is 0.374. The van der Waals surface area contributed by atoms with Gasteiger partial charge in [0.25, 0.3) is 0 Å². The van der Waals surface area contributed by atoms with E-state index in [0.717, 1.165) is 50.4 Å². The molecule has 2 fully saturated rings. The summed E-state index contributed by atoms with van der Waals surface area (Å²) in [5.41, 5.74) is -0.556. The van der Waals surface area contributed by atoms with E-state index in [9.17, 15) is 4.79 Å². The maximum absolute atomic E-state index is 13.0. The van der Waals surface area contributed by atoms with Gasteiger partial charge in [-0.05, 0) is 44.5 Å². The molecular weight excluding hydrogens is 268 g/mol. The Morgan fingerprint density at radius 2 is 1.81 bits per heavy atom. The van der Waals surface area contributed by atoms with Crippen LogP contribution in [0.25, 0.3) is 0 Å². The molecule has 2 aliphatic heterocycles. The molecule has 0 bridgehead atoms. The fourth-order valence-electron chi connectivity index (χ4n) is 3.67. The number of amides is 1. The lowest BCUT2D eigenvalue weighted by atomic mass is 9.81. The molecule has 0 unspecified atom stereocenters. The second-order valence-corrected chi connectivity index (χ2v) is 6.08. The fraction of sp³-hybridized carbons (Fsp3) is 0.688. The van der Waals surface area contributed by atoms with Crippen LogP contribution in [0.1, 0.15) is 25.7 Å². The van der Waals surface area contributed by atoms with Gasteiger partial charge in [-0.1, -0.05) is 0 Å². The van der Waals surface area contributed by atoms with Crippen LogP contribution in [0.2, 0.25) is 0 Å². The van der Waals surface area contributed by atoms with Gasteiger partial charge in [0.2, 0.25) is 5.91 Å². The number of piperidine rings is 1. The van der Waals surface area contributed by atoms with E-state index in [0.29, 0.717) is 12.5 Å². The van der Waals surface area contributed by atoms with Crippen molar-refractivity contribution in [2.75, 3.05) is 33.9 Å². The molecule has 3 aliphatic rings. The van der Waals surface area contributed by atoms with Crippen molar-refractivity contribution >= 4 is 5.91 Å². The second kappa shape index (κ2) is 5.72. The first-order valence-electron chi connectivity index (χ1n) is 7.72. The molecule has 21 heavy (non-hydrogen) atoms. The second-order valence-electron chi connectivity index (χ2n) is 6.08. The van der Waals surface area contributed by atoms with Gasteiger partial charge in [-0.2, -0.15) is 0 Å². The molecule has 3 rings (SSSR count). The third-order valence-corrected chi connectivity index (χ3v) is 4.88. The Balaban J connectivity index is 1.84. The molecule has 1 aliphatic carbocycles. The molecule has 0 radical (unpaired) electrons. The Morgan fingerprint density at radius 1 is 1.19 bits per heavy atom. The first-order chi connectivity index (χ1) is 10.2. The standard InChI is InChI=1S/C16H24N2O3/c1-20-13-9-14(21-2)11-16(10-13)5-8-18(15(16)19)12-3-6-17-7-4-12/h10-12,17H,3-9H2,1-2H3. The van der Waals surface area contributed by atoms with Gasteiger partial charge in [-0.15, -0.1) is 0 Å². The molecule has 1 N–H and O–H groups in total. The van der Waals surface area contributed by atoms with Gasteiger partial charge in [-0.3, -0.25) is 4.79 Å². The van der Waals surface area contributed by atoms with E-state index in [1.165, 1.54) is 0 Å². The predicted molar refractivity (Wildman–Crippen MR) is 79.5 cm³/mol. The van der Waals surface area contributed by atoms with Crippen LogP contribution in [0.3, 0.4) is 0 Å². The minimum Gasteiger partial charge on any atom is -0.501 e. The molecule has 1 amide bonds. The molecule has 0 saturated carbocycles. The van der Waals surface area contributed by atoms with Gasteiger partial charge in [0.05, 0.1) is 26.1 Å². The number of rotatable bonds is 3. The van der Waals surface area contributed by atoms with Crippen molar-refractivity contribution in [3.8, 4) is 0 Å². The minimum atomic E-state index is -0.556. The van der Waals surface area contributed by atoms with E-state index in [1.807, 2.05) is 12.2 Å². The molecular formula is C16H24N2O3. The monoisotopic (exact) mass is 292 g/mol. The summed E-state index contributed by atoms with van der Waals surface area (Å²) < 4.78 is 10.8. The largest absolute Gasteiger partial charge is 0.501 e. The van der Waals surface area contributed by atoms with Crippen molar-refractivity contribution in [3.63, 3.8) is 0 Å². The smallest absolute Gasteiger partial charge is 0.237 e. The van der Waals surface area contributed by atoms with Crippen molar-refractivity contribution in [2.24, 2.45) is 5.41 Å². The Kier molecular flexibility index (Phi) is 3.93. The fourth-order valence-corrected chi connectivity index (χ4v) is 3.67. The average Bonchev–Trinajstić information content (AvgIpc) is 2.84. The predicted octanol–water partition coefficient (Wildman–Crippen LogP) is 1.42. The molecule has 0 aromatic carbocycles. The third-order valence-electron chi connectivity index (χ3n) is 4.88. The maximum Gasteiger partial charge on any atom is 0.237 e. The van der Waals surface area contributed by atoms with Crippen LogP contribution in [0, 0.1) is 5.41 Å². The van der Waals surface area contributed by atoms with E-state index in [4.69, 9.17) is 9.47 Å². The Labute approximate surface area is 126 Å². The number of hydrogen-bond acceptors (Lipinski definition) is 4. The van der Waals surface area contributed by atoms with Gasteiger partial charge in [0.15, 0.2) is 0 Å². The van der Waals surface area contributed by atoms with Gasteiger partial charge in [0.1, 0.15) is 11.5 Å². The first-order valence-corrected chi connectivity index (χ1v) is 7.72. The van der Waals surface area contributed by atoms with Gasteiger partial charge >= 0.3 is 0 Å². The number of nitrogens with zero attached hydrogens (tertiary/aromatic N) is 1. The molecule has 1 spiro atoms. The van der Waals surface area contributed by atoms with Crippen LogP contribution in [0.4, 0.5) is 0 Å². The molecule has 0 atom stereocenters. The molecule has 2 saturated heterocycles. The van der Waals surface area contributed by atoms with Crippen molar-refractivity contribution in [2.45, 2.75) is 31.7 Å². The SMILES string of the molecule is COC1=CC2(C=C(OC)C1)CCN(C1CCNCC1)C2=O. The Hall–Kier alpha value is -1.49. The topological polar surface area (TPSA) is 50.8 Å². The van der Waals surface area contributed by atoms with Gasteiger partial charge in [-0.25, -0.2) is 0 Å². The van der Waals surface area contributed by atoms with Crippen LogP contribution in [0.15, 0.2) is 23.7 Å². The number of carbonyl (C=O) groups excluding carboxylic acids is 1. The minimum absolute atomic E-state index is 0.207. The number of methoxy groups -OCH3 is 2. The summed E-state index contributed by atoms with van der Waals surface area (Å²) in [5.74, 6) is 1.86. The Morgan fingerprint density at radius 3 is 2.38 bits per heavy atom. The zero-order chi connectivity index (χ0) is 14.9. The summed E-state index contributed by atoms with van der Waals surface area (Å²) in [5, 5.41) is 3.35. The van der Waals surface area contributed by atoms with Crippen molar-refractivity contribution in [1.29, 1.82) is 0 Å². The number of carbonyl (C=O) groups is 1. The van der Waals surface area contributed by atoms with E-state index in [2.05, 4.69) is 10.2 Å². The third kappa shape index (κ3) is 2.55. The zero-order valence-corrected chi connectivity index (χ0v) is 12.9. The number of hydrogen-bond donors (Lipinski definition) is 1. The highest BCUT2D eigenvalue weighted by molar-refractivity contribution is 5.89. The van der Waals surface area contributed by atoms with Crippen LogP contribution in [0.5, 0.6) is 0 Å². The van der Waals surface area contributed by atoms with Gasteiger partial charge in [0, 0.05) is 12.6 Å². The highest BCUT2D eigenvalue weighted by Crippen LogP contribution is 2.42. The highest BCUT2D eigenvalue weighted by Gasteiger charge is 2.48. The maximum atomic E-state index is 13.0. The summed E-state index contributed by atoms with van der Waals surface area (Å²) in [4.78, 5) is 15.1. The van der Waals surface area contributed by atoms with E-state index >= 15 is 0 Å². The lowest BCUT2D eigenvalue weighted by Gasteiger charge is -2.33. The van der Waals surface area contributed by atoms with Crippen LogP contribution in [-0.2, 0) is 14.3 Å². The van der Waals surface area contributed by atoms with Gasteiger partial charge < -0.3 is 19.7 Å². The molecule has 0 aromatic rings. The number of ether oxygens (including phenoxy) is 2. The average molecular weight is 292 g/mol. The quantitative estimate of drug-likeness (QED) is 0.855. The summed E-state index contributed by atoms with van der Waals surface area (Å²) in [7, 11) is 3.31. The van der Waals surface area contributed by atoms with Crippen LogP contribution >= 0.6 is 0 Å². The normalized spacial score (nSPS) is 25.8. The van der Waals surface area contributed by atoms with Crippen molar-refractivity contribution in [1.82, 2.24) is 10.2 Å². The first kappa shape index (κ1) is 14.4. The van der Waals surface area contributed by atoms with E-state index in [1.54, 1.807) is 14.2 Å². The molecule has 5 nitrogen and oxygen atoms in total. The van der Waals surface area contributed by atoms with Crippen molar-refractivity contribution < 1.29 is 14.3 Å². The number of likely N-dealkylation sites (tertiary alicyclic amines) is 1. The lowest BCUT2D eigenvalue weighted by molar-refractivity contribution is -0.134. The van der Waals surface area contributed by atoms with Crippen LogP contribution < -0.4 is 5.32 Å². The summed E-state index contributed by atoms with van der Waals surface area (Å²) in [6.45, 7) is 2.82. The lowest BCUT2D eigenvalue weighted by Crippen LogP contribution is -2.45. The van der Waals surface area contributed by atoms with E-state index < -0.39 is 5.41 Å². The molecule has 116 valence electrons. The molecule has 2 heterocycles. The zero-order valence-electron chi connectivity index (χ0n) is 12.9. The number of nitrogens with one attached hydrogen (secondary N) is 1. The van der Waals surface area contributed by atoms with Crippen LogP contribution in [-0.4, -0.2) is 50.7 Å². The summed E-state index contributed by atoms with van der Waals surface area (Å²) in [6.07, 6.45) is 7.54. The van der Waals surface area contributed by atoms with Crippen molar-refractivity contribution in [3.05, 3.63) is 23.7 Å². The Bertz CT molecular complexity index is 458.